The van der Waals surface area contributed by atoms with Crippen LogP contribution in [0, 0.1) is 0 Å². The summed E-state index contributed by atoms with van der Waals surface area (Å²) in [5, 5.41) is 0. The molecule has 0 fully saturated rings. The highest BCUT2D eigenvalue weighted by atomic mass is 31.2. The SMILES string of the molecule is CN(C)C(=NP(C)(=O)F)N(C)C. The molecule has 0 aromatic heterocycles. The van der Waals surface area contributed by atoms with Crippen molar-refractivity contribution in [1.82, 2.24) is 9.80 Å². The maximum atomic E-state index is 12.7. The van der Waals surface area contributed by atoms with Crippen LogP contribution in [-0.2, 0) is 4.57 Å². The van der Waals surface area contributed by atoms with Crippen molar-refractivity contribution in [2.45, 2.75) is 0 Å². The van der Waals surface area contributed by atoms with Crippen molar-refractivity contribution in [3.63, 3.8) is 0 Å². The standard InChI is InChI=1S/C6H15FN3OP/c1-9(2)6(10(3)4)8-12(5,7)11/h1-5H3. The van der Waals surface area contributed by atoms with Crippen LogP contribution in [-0.4, -0.2) is 50.6 Å². The largest absolute Gasteiger partial charge is 0.351 e. The minimum absolute atomic E-state index is 0.364. The van der Waals surface area contributed by atoms with Gasteiger partial charge in [0.15, 0.2) is 0 Å². The second-order valence-electron chi connectivity index (χ2n) is 2.97. The first-order valence-corrected chi connectivity index (χ1v) is 5.46. The van der Waals surface area contributed by atoms with Crippen LogP contribution in [0.5, 0.6) is 0 Å². The van der Waals surface area contributed by atoms with Crippen molar-refractivity contribution >= 4 is 13.6 Å². The van der Waals surface area contributed by atoms with Gasteiger partial charge in [-0.05, 0) is 0 Å². The number of rotatable bonds is 1. The van der Waals surface area contributed by atoms with Gasteiger partial charge in [-0.3, -0.25) is 4.57 Å². The molecule has 0 radical (unpaired) electrons. The van der Waals surface area contributed by atoms with Gasteiger partial charge in [0.05, 0.1) is 0 Å². The second-order valence-corrected chi connectivity index (χ2v) is 4.72. The van der Waals surface area contributed by atoms with Gasteiger partial charge >= 0.3 is 7.60 Å². The van der Waals surface area contributed by atoms with Crippen LogP contribution < -0.4 is 0 Å². The van der Waals surface area contributed by atoms with E-state index in [9.17, 15) is 8.76 Å². The summed E-state index contributed by atoms with van der Waals surface area (Å²) >= 11 is 0. The van der Waals surface area contributed by atoms with Crippen LogP contribution in [0.25, 0.3) is 0 Å². The Hall–Kier alpha value is -0.570. The van der Waals surface area contributed by atoms with Crippen LogP contribution in [0.2, 0.25) is 0 Å². The number of nitrogens with zero attached hydrogens (tertiary/aromatic N) is 3. The Balaban J connectivity index is 4.75. The van der Waals surface area contributed by atoms with Gasteiger partial charge in [0.2, 0.25) is 5.96 Å². The van der Waals surface area contributed by atoms with Crippen molar-refractivity contribution in [3.05, 3.63) is 0 Å². The van der Waals surface area contributed by atoms with Gasteiger partial charge in [-0.25, -0.2) is 0 Å². The quantitative estimate of drug-likeness (QED) is 0.359. The Morgan fingerprint density at radius 1 is 1.25 bits per heavy atom. The summed E-state index contributed by atoms with van der Waals surface area (Å²) in [5.74, 6) is 0.364. The fourth-order valence-electron chi connectivity index (χ4n) is 0.739. The molecule has 0 aromatic carbocycles. The lowest BCUT2D eigenvalue weighted by molar-refractivity contribution is 0.481. The number of guanidine groups is 1. The highest BCUT2D eigenvalue weighted by molar-refractivity contribution is 7.56. The highest BCUT2D eigenvalue weighted by Gasteiger charge is 2.14. The number of halogens is 1. The van der Waals surface area contributed by atoms with Gasteiger partial charge in [-0.15, -0.1) is 0 Å². The first-order valence-electron chi connectivity index (χ1n) is 3.46. The lowest BCUT2D eigenvalue weighted by Crippen LogP contribution is -2.35. The zero-order chi connectivity index (χ0) is 9.94. The molecule has 0 bridgehead atoms. The van der Waals surface area contributed by atoms with E-state index in [1.807, 2.05) is 0 Å². The predicted molar refractivity (Wildman–Crippen MR) is 49.4 cm³/mol. The van der Waals surface area contributed by atoms with E-state index in [2.05, 4.69) is 4.76 Å². The molecule has 4 nitrogen and oxygen atoms in total. The summed E-state index contributed by atoms with van der Waals surface area (Å²) < 4.78 is 26.9. The highest BCUT2D eigenvalue weighted by Crippen LogP contribution is 2.44. The van der Waals surface area contributed by atoms with E-state index in [0.29, 0.717) is 5.96 Å². The third kappa shape index (κ3) is 4.34. The summed E-state index contributed by atoms with van der Waals surface area (Å²) in [6.45, 7) is 0.986. The van der Waals surface area contributed by atoms with E-state index >= 15 is 0 Å². The van der Waals surface area contributed by atoms with E-state index in [1.165, 1.54) is 0 Å². The zero-order valence-electron chi connectivity index (χ0n) is 8.08. The third-order valence-electron chi connectivity index (χ3n) is 1.07. The first-order chi connectivity index (χ1) is 5.24. The van der Waals surface area contributed by atoms with Crippen molar-refractivity contribution < 1.29 is 8.76 Å². The molecule has 6 heteroatoms. The molecule has 0 heterocycles. The van der Waals surface area contributed by atoms with Gasteiger partial charge in [-0.2, -0.15) is 8.96 Å². The molecule has 0 N–H and O–H groups in total. The minimum Gasteiger partial charge on any atom is -0.349 e. The summed E-state index contributed by atoms with van der Waals surface area (Å²) in [5.41, 5.74) is 0. The average Bonchev–Trinajstić information content (AvgIpc) is 1.79. The molecule has 0 spiro atoms. The molecule has 0 saturated carbocycles. The second kappa shape index (κ2) is 3.90. The predicted octanol–water partition coefficient (Wildman–Crippen LogP) is 1.26. The van der Waals surface area contributed by atoms with Crippen LogP contribution >= 0.6 is 7.60 Å². The topological polar surface area (TPSA) is 35.9 Å². The van der Waals surface area contributed by atoms with E-state index < -0.39 is 7.60 Å². The fourth-order valence-corrected chi connectivity index (χ4v) is 1.42. The van der Waals surface area contributed by atoms with E-state index in [1.54, 1.807) is 38.0 Å². The minimum atomic E-state index is -3.82. The van der Waals surface area contributed by atoms with E-state index in [-0.39, 0.29) is 0 Å². The van der Waals surface area contributed by atoms with Gasteiger partial charge < -0.3 is 9.80 Å². The molecule has 0 amide bonds. The van der Waals surface area contributed by atoms with Gasteiger partial charge in [-0.1, -0.05) is 0 Å². The van der Waals surface area contributed by atoms with Crippen molar-refractivity contribution in [3.8, 4) is 0 Å². The van der Waals surface area contributed by atoms with Gasteiger partial charge in [0.25, 0.3) is 0 Å². The molecule has 0 aliphatic rings. The Labute approximate surface area is 72.6 Å². The molecular formula is C6H15FN3OP. The van der Waals surface area contributed by atoms with Crippen LogP contribution in [0.4, 0.5) is 4.20 Å². The van der Waals surface area contributed by atoms with Gasteiger partial charge in [0.1, 0.15) is 0 Å². The average molecular weight is 195 g/mol. The summed E-state index contributed by atoms with van der Waals surface area (Å²) in [6.07, 6.45) is 0. The Morgan fingerprint density at radius 3 is 1.67 bits per heavy atom. The molecule has 0 aromatic rings. The first kappa shape index (κ1) is 11.4. The molecule has 12 heavy (non-hydrogen) atoms. The Kier molecular flexibility index (Phi) is 3.71. The van der Waals surface area contributed by atoms with E-state index in [4.69, 9.17) is 0 Å². The lowest BCUT2D eigenvalue weighted by Gasteiger charge is -2.22. The smallest absolute Gasteiger partial charge is 0.349 e. The molecule has 1 unspecified atom stereocenters. The normalized spacial score (nSPS) is 14.8. The van der Waals surface area contributed by atoms with Crippen LogP contribution in [0.1, 0.15) is 0 Å². The maximum Gasteiger partial charge on any atom is 0.351 e. The Morgan fingerprint density at radius 2 is 1.58 bits per heavy atom. The molecule has 72 valence electrons. The number of hydrogen-bond acceptors (Lipinski definition) is 1. The molecule has 1 atom stereocenters. The lowest BCUT2D eigenvalue weighted by atomic mass is 10.7. The maximum absolute atomic E-state index is 12.7. The Bertz CT molecular complexity index is 211. The van der Waals surface area contributed by atoms with Crippen molar-refractivity contribution in [2.24, 2.45) is 4.76 Å². The zero-order valence-corrected chi connectivity index (χ0v) is 8.97. The fraction of sp³-hybridized carbons (Fsp3) is 0.833. The summed E-state index contributed by atoms with van der Waals surface area (Å²) in [7, 11) is 3.04. The molecule has 0 saturated heterocycles. The molecule has 0 rings (SSSR count). The summed E-state index contributed by atoms with van der Waals surface area (Å²) in [4.78, 5) is 3.21. The molecular weight excluding hydrogens is 180 g/mol. The van der Waals surface area contributed by atoms with Gasteiger partial charge in [0, 0.05) is 34.9 Å². The number of hydrogen-bond donors (Lipinski definition) is 0. The molecule has 0 aliphatic heterocycles. The van der Waals surface area contributed by atoms with Crippen molar-refractivity contribution in [2.75, 3.05) is 34.9 Å². The molecule has 0 aliphatic carbocycles. The van der Waals surface area contributed by atoms with E-state index in [0.717, 1.165) is 6.66 Å². The van der Waals surface area contributed by atoms with Crippen LogP contribution in [0.3, 0.4) is 0 Å². The monoisotopic (exact) mass is 195 g/mol. The summed E-state index contributed by atoms with van der Waals surface area (Å²) in [6, 6.07) is 0. The van der Waals surface area contributed by atoms with Crippen LogP contribution in [0.15, 0.2) is 4.76 Å². The third-order valence-corrected chi connectivity index (χ3v) is 1.60. The van der Waals surface area contributed by atoms with Crippen molar-refractivity contribution in [1.29, 1.82) is 0 Å².